The Balaban J connectivity index is 0.000000845. The molecule has 1 N–H and O–H groups in total. The van der Waals surface area contributed by atoms with Gasteiger partial charge in [0.2, 0.25) is 0 Å². The maximum absolute atomic E-state index is 4.14. The van der Waals surface area contributed by atoms with Gasteiger partial charge in [-0.25, -0.2) is 0 Å². The molecular formula is C9H12BrClN2. The smallest absolute Gasteiger partial charge is 0.0410 e. The number of rotatable bonds is 1. The summed E-state index contributed by atoms with van der Waals surface area (Å²) in [7, 11) is 0. The van der Waals surface area contributed by atoms with Crippen LogP contribution >= 0.6 is 28.3 Å². The van der Waals surface area contributed by atoms with E-state index in [1.807, 2.05) is 12.4 Å². The maximum atomic E-state index is 4.14. The summed E-state index contributed by atoms with van der Waals surface area (Å²) in [6.45, 7) is 1.14. The minimum atomic E-state index is 0. The fourth-order valence-electron chi connectivity index (χ4n) is 1.59. The maximum Gasteiger partial charge on any atom is 0.0410 e. The summed E-state index contributed by atoms with van der Waals surface area (Å²) in [4.78, 5) is 4.14. The lowest BCUT2D eigenvalue weighted by Gasteiger charge is -2.09. The quantitative estimate of drug-likeness (QED) is 0.843. The number of nitrogens with one attached hydrogen (secondary N) is 1. The highest BCUT2D eigenvalue weighted by Crippen LogP contribution is 2.23. The Morgan fingerprint density at radius 3 is 2.92 bits per heavy atom. The molecule has 1 aromatic rings. The van der Waals surface area contributed by atoms with E-state index in [0.29, 0.717) is 6.04 Å². The second kappa shape index (κ2) is 4.94. The molecular weight excluding hydrogens is 251 g/mol. The van der Waals surface area contributed by atoms with Gasteiger partial charge in [0.15, 0.2) is 0 Å². The summed E-state index contributed by atoms with van der Waals surface area (Å²) in [5.74, 6) is 0. The standard InChI is InChI=1S/C9H11BrN2.ClH/c10-8-4-7(5-11-6-8)9-2-1-3-12-9;/h4-6,9,12H,1-3H2;1H/t9-;/m0./s1. The predicted molar refractivity (Wildman–Crippen MR) is 59.2 cm³/mol. The molecule has 4 heteroatoms. The first-order valence-corrected chi connectivity index (χ1v) is 4.99. The van der Waals surface area contributed by atoms with Gasteiger partial charge in [-0.1, -0.05) is 0 Å². The van der Waals surface area contributed by atoms with Crippen LogP contribution in [0.25, 0.3) is 0 Å². The normalized spacial score (nSPS) is 21.2. The van der Waals surface area contributed by atoms with Gasteiger partial charge in [-0.15, -0.1) is 12.4 Å². The van der Waals surface area contributed by atoms with Crippen LogP contribution in [0.2, 0.25) is 0 Å². The van der Waals surface area contributed by atoms with Crippen molar-refractivity contribution in [1.82, 2.24) is 10.3 Å². The Kier molecular flexibility index (Phi) is 4.16. The SMILES string of the molecule is Brc1cncc([C@@H]2CCCN2)c1.Cl. The molecule has 0 aliphatic carbocycles. The average molecular weight is 264 g/mol. The van der Waals surface area contributed by atoms with Crippen molar-refractivity contribution in [2.75, 3.05) is 6.54 Å². The van der Waals surface area contributed by atoms with E-state index >= 15 is 0 Å². The first-order valence-electron chi connectivity index (χ1n) is 4.20. The fraction of sp³-hybridized carbons (Fsp3) is 0.444. The third-order valence-electron chi connectivity index (χ3n) is 2.19. The van der Waals surface area contributed by atoms with Gasteiger partial charge in [-0.3, -0.25) is 4.98 Å². The zero-order valence-corrected chi connectivity index (χ0v) is 9.57. The van der Waals surface area contributed by atoms with Crippen molar-refractivity contribution in [3.63, 3.8) is 0 Å². The molecule has 0 spiro atoms. The molecule has 2 rings (SSSR count). The summed E-state index contributed by atoms with van der Waals surface area (Å²) in [6.07, 6.45) is 6.27. The molecule has 1 aliphatic rings. The molecule has 0 aromatic carbocycles. The first-order chi connectivity index (χ1) is 5.86. The number of aromatic nitrogens is 1. The molecule has 0 amide bonds. The lowest BCUT2D eigenvalue weighted by Crippen LogP contribution is -2.12. The van der Waals surface area contributed by atoms with E-state index in [9.17, 15) is 0 Å². The van der Waals surface area contributed by atoms with E-state index in [1.54, 1.807) is 0 Å². The van der Waals surface area contributed by atoms with Crippen molar-refractivity contribution >= 4 is 28.3 Å². The van der Waals surface area contributed by atoms with Crippen LogP contribution in [0, 0.1) is 0 Å². The Bertz CT molecular complexity index is 274. The van der Waals surface area contributed by atoms with Crippen LogP contribution in [0.5, 0.6) is 0 Å². The highest BCUT2D eigenvalue weighted by Gasteiger charge is 2.15. The lowest BCUT2D eigenvalue weighted by atomic mass is 10.1. The lowest BCUT2D eigenvalue weighted by molar-refractivity contribution is 0.644. The zero-order valence-electron chi connectivity index (χ0n) is 7.16. The molecule has 1 aromatic heterocycles. The summed E-state index contributed by atoms with van der Waals surface area (Å²) < 4.78 is 1.06. The number of hydrogen-bond donors (Lipinski definition) is 1. The van der Waals surface area contributed by atoms with Crippen molar-refractivity contribution in [3.05, 3.63) is 28.5 Å². The van der Waals surface area contributed by atoms with E-state index < -0.39 is 0 Å². The Morgan fingerprint density at radius 2 is 2.31 bits per heavy atom. The predicted octanol–water partition coefficient (Wildman–Crippen LogP) is 2.69. The summed E-state index contributed by atoms with van der Waals surface area (Å²) >= 11 is 3.42. The summed E-state index contributed by atoms with van der Waals surface area (Å²) in [5, 5.41) is 3.44. The van der Waals surface area contributed by atoms with Crippen LogP contribution in [0.4, 0.5) is 0 Å². The highest BCUT2D eigenvalue weighted by atomic mass is 79.9. The minimum Gasteiger partial charge on any atom is -0.310 e. The van der Waals surface area contributed by atoms with Crippen LogP contribution in [0.15, 0.2) is 22.9 Å². The second-order valence-electron chi connectivity index (χ2n) is 3.09. The number of pyridine rings is 1. The minimum absolute atomic E-state index is 0. The van der Waals surface area contributed by atoms with E-state index in [-0.39, 0.29) is 12.4 Å². The fourth-order valence-corrected chi connectivity index (χ4v) is 1.97. The topological polar surface area (TPSA) is 24.9 Å². The molecule has 0 saturated carbocycles. The van der Waals surface area contributed by atoms with Crippen molar-refractivity contribution in [3.8, 4) is 0 Å². The molecule has 2 heterocycles. The van der Waals surface area contributed by atoms with Gasteiger partial charge in [-0.05, 0) is 46.9 Å². The molecule has 0 bridgehead atoms. The van der Waals surface area contributed by atoms with E-state index in [4.69, 9.17) is 0 Å². The molecule has 1 saturated heterocycles. The highest BCUT2D eigenvalue weighted by molar-refractivity contribution is 9.10. The van der Waals surface area contributed by atoms with Crippen molar-refractivity contribution in [1.29, 1.82) is 0 Å². The largest absolute Gasteiger partial charge is 0.310 e. The third-order valence-corrected chi connectivity index (χ3v) is 2.62. The first kappa shape index (κ1) is 11.0. The molecule has 72 valence electrons. The number of nitrogens with zero attached hydrogens (tertiary/aromatic N) is 1. The van der Waals surface area contributed by atoms with Gasteiger partial charge in [0, 0.05) is 22.9 Å². The molecule has 1 atom stereocenters. The van der Waals surface area contributed by atoms with E-state index in [1.165, 1.54) is 18.4 Å². The Labute approximate surface area is 92.7 Å². The number of hydrogen-bond acceptors (Lipinski definition) is 2. The Hall–Kier alpha value is -0.120. The molecule has 1 aliphatic heterocycles. The summed E-state index contributed by atoms with van der Waals surface area (Å²) in [5.41, 5.74) is 1.29. The van der Waals surface area contributed by atoms with Crippen LogP contribution in [0.1, 0.15) is 24.4 Å². The van der Waals surface area contributed by atoms with Crippen molar-refractivity contribution < 1.29 is 0 Å². The second-order valence-corrected chi connectivity index (χ2v) is 4.00. The van der Waals surface area contributed by atoms with Crippen molar-refractivity contribution in [2.45, 2.75) is 18.9 Å². The van der Waals surface area contributed by atoms with Gasteiger partial charge in [0.05, 0.1) is 0 Å². The van der Waals surface area contributed by atoms with E-state index in [2.05, 4.69) is 32.3 Å². The molecule has 0 unspecified atom stereocenters. The van der Waals surface area contributed by atoms with Gasteiger partial charge >= 0.3 is 0 Å². The Morgan fingerprint density at radius 1 is 1.46 bits per heavy atom. The van der Waals surface area contributed by atoms with Gasteiger partial charge < -0.3 is 5.32 Å². The van der Waals surface area contributed by atoms with Crippen LogP contribution < -0.4 is 5.32 Å². The van der Waals surface area contributed by atoms with Crippen LogP contribution in [0.3, 0.4) is 0 Å². The van der Waals surface area contributed by atoms with Gasteiger partial charge in [0.25, 0.3) is 0 Å². The zero-order chi connectivity index (χ0) is 8.39. The van der Waals surface area contributed by atoms with Crippen LogP contribution in [-0.2, 0) is 0 Å². The average Bonchev–Trinajstić information content (AvgIpc) is 2.56. The molecule has 0 radical (unpaired) electrons. The van der Waals surface area contributed by atoms with Gasteiger partial charge in [-0.2, -0.15) is 0 Å². The number of halogens is 2. The molecule has 2 nitrogen and oxygen atoms in total. The van der Waals surface area contributed by atoms with Crippen LogP contribution in [-0.4, -0.2) is 11.5 Å². The van der Waals surface area contributed by atoms with E-state index in [0.717, 1.165) is 11.0 Å². The van der Waals surface area contributed by atoms with Gasteiger partial charge in [0.1, 0.15) is 0 Å². The van der Waals surface area contributed by atoms with Crippen molar-refractivity contribution in [2.24, 2.45) is 0 Å². The molecule has 1 fully saturated rings. The molecule has 13 heavy (non-hydrogen) atoms. The monoisotopic (exact) mass is 262 g/mol. The third kappa shape index (κ3) is 2.66. The summed E-state index contributed by atoms with van der Waals surface area (Å²) in [6, 6.07) is 2.66.